The van der Waals surface area contributed by atoms with Crippen LogP contribution in [0.1, 0.15) is 22.3 Å². The smallest absolute Gasteiger partial charge is 0.146 e. The van der Waals surface area contributed by atoms with Crippen molar-refractivity contribution >= 4 is 38.4 Å². The molecule has 9 rings (SSSR count). The van der Waals surface area contributed by atoms with Crippen molar-refractivity contribution in [2.45, 2.75) is 12.8 Å². The van der Waals surface area contributed by atoms with Crippen LogP contribution in [0.3, 0.4) is 0 Å². The Bertz CT molecular complexity index is 2070. The minimum atomic E-state index is 0.917. The fourth-order valence-electron chi connectivity index (χ4n) is 6.54. The van der Waals surface area contributed by atoms with Crippen LogP contribution >= 0.6 is 0 Å². The van der Waals surface area contributed by atoms with Crippen LogP contribution in [0.5, 0.6) is 0 Å². The molecule has 0 atom stereocenters. The maximum Gasteiger partial charge on any atom is 0.146 e. The summed E-state index contributed by atoms with van der Waals surface area (Å²) < 4.78 is 2.30. The molecule has 0 amide bonds. The Kier molecular flexibility index (Phi) is 3.11. The summed E-state index contributed by atoms with van der Waals surface area (Å²) in [5, 5.41) is 3.30. The predicted molar refractivity (Wildman–Crippen MR) is 140 cm³/mol. The van der Waals surface area contributed by atoms with E-state index in [4.69, 9.17) is 4.98 Å². The topological polar surface area (TPSA) is 43.1 Å². The number of aromatic nitrogens is 4. The molecule has 0 unspecified atom stereocenters. The lowest BCUT2D eigenvalue weighted by atomic mass is 9.94. The van der Waals surface area contributed by atoms with Gasteiger partial charge in [0, 0.05) is 47.4 Å². The van der Waals surface area contributed by atoms with E-state index in [9.17, 15) is 0 Å². The van der Waals surface area contributed by atoms with Crippen LogP contribution in [0.4, 0.5) is 0 Å². The fraction of sp³-hybridized carbons (Fsp3) is 0.0645. The maximum atomic E-state index is 5.30. The number of hydrogen-bond donors (Lipinski definition) is 0. The van der Waals surface area contributed by atoms with Crippen molar-refractivity contribution in [2.24, 2.45) is 0 Å². The van der Waals surface area contributed by atoms with Crippen molar-refractivity contribution in [3.05, 3.63) is 108 Å². The quantitative estimate of drug-likeness (QED) is 0.243. The van der Waals surface area contributed by atoms with Crippen LogP contribution < -0.4 is 0 Å². The summed E-state index contributed by atoms with van der Waals surface area (Å²) in [6.07, 6.45) is 9.52. The first-order valence-corrected chi connectivity index (χ1v) is 12.0. The van der Waals surface area contributed by atoms with E-state index in [1.165, 1.54) is 44.5 Å². The second kappa shape index (κ2) is 6.10. The molecule has 0 bridgehead atoms. The van der Waals surface area contributed by atoms with Gasteiger partial charge in [0.15, 0.2) is 0 Å². The summed E-state index contributed by atoms with van der Waals surface area (Å²) in [6, 6.07) is 22.3. The number of imidazole rings is 1. The van der Waals surface area contributed by atoms with E-state index in [1.807, 2.05) is 24.8 Å². The first-order valence-electron chi connectivity index (χ1n) is 12.0. The van der Waals surface area contributed by atoms with Crippen LogP contribution in [-0.4, -0.2) is 19.4 Å². The summed E-state index contributed by atoms with van der Waals surface area (Å²) in [4.78, 5) is 14.1. The predicted octanol–water partition coefficient (Wildman–Crippen LogP) is 6.73. The zero-order chi connectivity index (χ0) is 22.7. The molecular weight excluding hydrogens is 428 g/mol. The lowest BCUT2D eigenvalue weighted by molar-refractivity contribution is 1.24. The van der Waals surface area contributed by atoms with Gasteiger partial charge < -0.3 is 0 Å². The first kappa shape index (κ1) is 17.8. The van der Waals surface area contributed by atoms with Gasteiger partial charge in [-0.1, -0.05) is 42.5 Å². The average molecular weight is 447 g/mol. The van der Waals surface area contributed by atoms with Crippen LogP contribution in [0.25, 0.3) is 60.6 Å². The highest BCUT2D eigenvalue weighted by Gasteiger charge is 2.30. The second-order valence-electron chi connectivity index (χ2n) is 9.69. The third-order valence-corrected chi connectivity index (χ3v) is 8.01. The van der Waals surface area contributed by atoms with Crippen LogP contribution in [-0.2, 0) is 12.8 Å². The molecule has 0 fully saturated rings. The maximum absolute atomic E-state index is 5.30. The van der Waals surface area contributed by atoms with Gasteiger partial charge in [0.25, 0.3) is 0 Å². The molecule has 0 saturated heterocycles. The molecule has 7 aromatic rings. The van der Waals surface area contributed by atoms with Crippen LogP contribution in [0.2, 0.25) is 0 Å². The van der Waals surface area contributed by atoms with Gasteiger partial charge in [0.2, 0.25) is 0 Å². The molecule has 2 aliphatic carbocycles. The molecule has 4 aromatic heterocycles. The van der Waals surface area contributed by atoms with E-state index in [2.05, 4.69) is 75.0 Å². The lowest BCUT2D eigenvalue weighted by Gasteiger charge is -2.10. The van der Waals surface area contributed by atoms with E-state index in [0.29, 0.717) is 0 Å². The molecule has 3 aromatic carbocycles. The molecule has 0 radical (unpaired) electrons. The Labute approximate surface area is 200 Å². The van der Waals surface area contributed by atoms with Gasteiger partial charge in [-0.2, -0.15) is 0 Å². The number of nitrogens with zero attached hydrogens (tertiary/aromatic N) is 4. The summed E-state index contributed by atoms with van der Waals surface area (Å²) in [6.45, 7) is 0. The molecule has 162 valence electrons. The summed E-state index contributed by atoms with van der Waals surface area (Å²) >= 11 is 0. The molecule has 0 N–H and O–H groups in total. The van der Waals surface area contributed by atoms with Crippen LogP contribution in [0, 0.1) is 0 Å². The summed E-state index contributed by atoms with van der Waals surface area (Å²) in [7, 11) is 0. The molecule has 4 heterocycles. The van der Waals surface area contributed by atoms with Crippen molar-refractivity contribution in [2.75, 3.05) is 0 Å². The normalized spacial score (nSPS) is 13.5. The molecule has 4 heteroatoms. The van der Waals surface area contributed by atoms with Gasteiger partial charge in [0.1, 0.15) is 5.65 Å². The van der Waals surface area contributed by atoms with Crippen molar-refractivity contribution in [1.29, 1.82) is 0 Å². The van der Waals surface area contributed by atoms with Crippen LogP contribution in [0.15, 0.2) is 85.5 Å². The number of pyridine rings is 3. The van der Waals surface area contributed by atoms with Crippen molar-refractivity contribution in [1.82, 2.24) is 19.4 Å². The number of rotatable bonds is 0. The lowest BCUT2D eigenvalue weighted by Crippen LogP contribution is -1.92. The fourth-order valence-corrected chi connectivity index (χ4v) is 6.54. The SMILES string of the molecule is c1ccc2c(c1)Cc1ccc3c(c1-2)-c1ccc2c(nc4c5ccncc5c5cnccc5n24)c1C3. The van der Waals surface area contributed by atoms with Gasteiger partial charge in [-0.05, 0) is 69.1 Å². The van der Waals surface area contributed by atoms with Gasteiger partial charge in [0.05, 0.1) is 16.6 Å². The van der Waals surface area contributed by atoms with E-state index in [0.717, 1.165) is 51.2 Å². The van der Waals surface area contributed by atoms with E-state index < -0.39 is 0 Å². The molecule has 0 saturated carbocycles. The molecule has 4 nitrogen and oxygen atoms in total. The number of fused-ring (bicyclic) bond motifs is 16. The Morgan fingerprint density at radius 2 is 1.40 bits per heavy atom. The molecule has 2 aliphatic rings. The van der Waals surface area contributed by atoms with Gasteiger partial charge in [-0.25, -0.2) is 4.98 Å². The molecular formula is C31H18N4. The third kappa shape index (κ3) is 2.11. The van der Waals surface area contributed by atoms with Gasteiger partial charge >= 0.3 is 0 Å². The highest BCUT2D eigenvalue weighted by molar-refractivity contribution is 6.14. The molecule has 0 spiro atoms. The molecule has 35 heavy (non-hydrogen) atoms. The van der Waals surface area contributed by atoms with Gasteiger partial charge in [-0.3, -0.25) is 14.4 Å². The zero-order valence-corrected chi connectivity index (χ0v) is 18.8. The monoisotopic (exact) mass is 446 g/mol. The minimum Gasteiger partial charge on any atom is -0.292 e. The first-order chi connectivity index (χ1) is 17.4. The third-order valence-electron chi connectivity index (χ3n) is 8.01. The highest BCUT2D eigenvalue weighted by Crippen LogP contribution is 2.50. The standard InChI is InChI=1S/C31H18N4/c1-2-4-20-17(3-1)13-18-5-6-19-14-23-21(29(19)28(18)20)7-8-27-30(23)34-31-22-9-11-32-15-24(22)25-16-33-12-10-26(25)35(27)31/h1-12,15-16H,13-14H2. The number of hydrogen-bond acceptors (Lipinski definition) is 3. The second-order valence-corrected chi connectivity index (χ2v) is 9.69. The van der Waals surface area contributed by atoms with E-state index in [1.54, 1.807) is 0 Å². The van der Waals surface area contributed by atoms with E-state index in [-0.39, 0.29) is 0 Å². The average Bonchev–Trinajstić information content (AvgIpc) is 3.59. The van der Waals surface area contributed by atoms with Crippen molar-refractivity contribution in [3.63, 3.8) is 0 Å². The Hall–Kier alpha value is -4.57. The molecule has 0 aliphatic heterocycles. The largest absolute Gasteiger partial charge is 0.292 e. The Morgan fingerprint density at radius 3 is 2.34 bits per heavy atom. The highest BCUT2D eigenvalue weighted by atomic mass is 15.0. The van der Waals surface area contributed by atoms with Gasteiger partial charge in [-0.15, -0.1) is 0 Å². The Balaban J connectivity index is 1.42. The van der Waals surface area contributed by atoms with Crippen molar-refractivity contribution in [3.8, 4) is 22.3 Å². The summed E-state index contributed by atoms with van der Waals surface area (Å²) in [5.74, 6) is 0. The zero-order valence-electron chi connectivity index (χ0n) is 18.8. The van der Waals surface area contributed by atoms with Crippen molar-refractivity contribution < 1.29 is 0 Å². The minimum absolute atomic E-state index is 0.917. The Morgan fingerprint density at radius 1 is 0.600 bits per heavy atom. The van der Waals surface area contributed by atoms with E-state index >= 15 is 0 Å². The summed E-state index contributed by atoms with van der Waals surface area (Å²) in [5.41, 5.74) is 15.5. The number of benzene rings is 3.